The molecule has 3 heteroatoms. The molecule has 84 valence electrons. The number of para-hydroxylation sites is 2. The Hall–Kier alpha value is -2.29. The molecule has 0 saturated heterocycles. The molecule has 1 heterocycles. The smallest absolute Gasteiger partial charge is 0.100 e. The van der Waals surface area contributed by atoms with Gasteiger partial charge in [-0.3, -0.25) is 4.57 Å². The van der Waals surface area contributed by atoms with Crippen LogP contribution in [0.5, 0.6) is 0 Å². The largest absolute Gasteiger partial charge is 0.399 e. The predicted molar refractivity (Wildman–Crippen MR) is 70.2 cm³/mol. The lowest BCUT2D eigenvalue weighted by Crippen LogP contribution is -1.95. The number of nitrogen functional groups attached to an aromatic ring is 1. The summed E-state index contributed by atoms with van der Waals surface area (Å²) in [4.78, 5) is 4.38. The van der Waals surface area contributed by atoms with Crippen LogP contribution in [0.4, 0.5) is 5.69 Å². The van der Waals surface area contributed by atoms with E-state index in [2.05, 4.69) is 21.7 Å². The molecule has 0 unspecified atom stereocenters. The van der Waals surface area contributed by atoms with E-state index in [0.717, 1.165) is 28.0 Å². The summed E-state index contributed by atoms with van der Waals surface area (Å²) >= 11 is 0. The Morgan fingerprint density at radius 2 is 1.94 bits per heavy atom. The maximum absolute atomic E-state index is 5.88. The fourth-order valence-corrected chi connectivity index (χ4v) is 2.10. The molecule has 0 amide bonds. The van der Waals surface area contributed by atoms with Gasteiger partial charge in [0, 0.05) is 11.4 Å². The van der Waals surface area contributed by atoms with Gasteiger partial charge >= 0.3 is 0 Å². The second-order valence-electron chi connectivity index (χ2n) is 4.21. The number of nitrogens with two attached hydrogens (primary N) is 1. The van der Waals surface area contributed by atoms with Crippen molar-refractivity contribution in [3.63, 3.8) is 0 Å². The Labute approximate surface area is 99.5 Å². The lowest BCUT2D eigenvalue weighted by molar-refractivity contribution is 1.09. The summed E-state index contributed by atoms with van der Waals surface area (Å²) in [5, 5.41) is 0. The number of aromatic nitrogens is 2. The second-order valence-corrected chi connectivity index (χ2v) is 4.21. The number of benzene rings is 2. The summed E-state index contributed by atoms with van der Waals surface area (Å²) in [6.45, 7) is 2.04. The van der Waals surface area contributed by atoms with Crippen LogP contribution in [0, 0.1) is 6.92 Å². The van der Waals surface area contributed by atoms with Crippen molar-refractivity contribution in [1.82, 2.24) is 9.55 Å². The van der Waals surface area contributed by atoms with E-state index in [1.54, 1.807) is 0 Å². The lowest BCUT2D eigenvalue weighted by Gasteiger charge is -2.06. The van der Waals surface area contributed by atoms with Crippen LogP contribution in [0.15, 0.2) is 48.8 Å². The molecule has 0 radical (unpaired) electrons. The van der Waals surface area contributed by atoms with E-state index in [0.29, 0.717) is 0 Å². The zero-order chi connectivity index (χ0) is 11.8. The van der Waals surface area contributed by atoms with E-state index in [1.165, 1.54) is 0 Å². The van der Waals surface area contributed by atoms with Crippen molar-refractivity contribution >= 4 is 16.7 Å². The Morgan fingerprint density at radius 3 is 2.76 bits per heavy atom. The zero-order valence-corrected chi connectivity index (χ0v) is 9.59. The van der Waals surface area contributed by atoms with Crippen LogP contribution in [0.25, 0.3) is 16.7 Å². The number of imidazole rings is 1. The van der Waals surface area contributed by atoms with Crippen LogP contribution in [0.2, 0.25) is 0 Å². The van der Waals surface area contributed by atoms with Crippen molar-refractivity contribution in [1.29, 1.82) is 0 Å². The number of nitrogens with zero attached hydrogens (tertiary/aromatic N) is 2. The Balaban J connectivity index is 2.27. The third-order valence-electron chi connectivity index (χ3n) is 2.82. The van der Waals surface area contributed by atoms with Gasteiger partial charge in [-0.25, -0.2) is 4.98 Å². The number of hydrogen-bond donors (Lipinski definition) is 1. The van der Waals surface area contributed by atoms with Crippen LogP contribution in [0.1, 0.15) is 5.56 Å². The van der Waals surface area contributed by atoms with Gasteiger partial charge in [-0.15, -0.1) is 0 Å². The van der Waals surface area contributed by atoms with Crippen LogP contribution in [-0.2, 0) is 0 Å². The minimum Gasteiger partial charge on any atom is -0.399 e. The molecule has 0 bridgehead atoms. The van der Waals surface area contributed by atoms with E-state index >= 15 is 0 Å². The van der Waals surface area contributed by atoms with E-state index in [-0.39, 0.29) is 0 Å². The average molecular weight is 223 g/mol. The zero-order valence-electron chi connectivity index (χ0n) is 9.59. The van der Waals surface area contributed by atoms with Gasteiger partial charge in [0.15, 0.2) is 0 Å². The van der Waals surface area contributed by atoms with E-state index < -0.39 is 0 Å². The second kappa shape index (κ2) is 3.63. The Kier molecular flexibility index (Phi) is 2.11. The molecule has 0 aliphatic heterocycles. The molecule has 0 spiro atoms. The molecular weight excluding hydrogens is 210 g/mol. The van der Waals surface area contributed by atoms with E-state index in [4.69, 9.17) is 5.73 Å². The summed E-state index contributed by atoms with van der Waals surface area (Å²) in [6.07, 6.45) is 1.83. The molecule has 3 rings (SSSR count). The normalized spacial score (nSPS) is 10.9. The van der Waals surface area contributed by atoms with Crippen molar-refractivity contribution < 1.29 is 0 Å². The van der Waals surface area contributed by atoms with Crippen LogP contribution in [-0.4, -0.2) is 9.55 Å². The van der Waals surface area contributed by atoms with Crippen molar-refractivity contribution in [3.05, 3.63) is 54.4 Å². The number of fused-ring (bicyclic) bond motifs is 1. The van der Waals surface area contributed by atoms with Crippen LogP contribution >= 0.6 is 0 Å². The van der Waals surface area contributed by atoms with Gasteiger partial charge in [0.2, 0.25) is 0 Å². The highest BCUT2D eigenvalue weighted by Crippen LogP contribution is 2.20. The first kappa shape index (κ1) is 9.90. The maximum atomic E-state index is 5.88. The fourth-order valence-electron chi connectivity index (χ4n) is 2.10. The molecule has 0 aliphatic rings. The molecule has 3 aromatic rings. The Bertz CT molecular complexity index is 663. The third kappa shape index (κ3) is 1.65. The predicted octanol–water partition coefficient (Wildman–Crippen LogP) is 2.92. The molecular formula is C14H13N3. The van der Waals surface area contributed by atoms with E-state index in [9.17, 15) is 0 Å². The summed E-state index contributed by atoms with van der Waals surface area (Å²) in [6, 6.07) is 14.1. The molecule has 3 nitrogen and oxygen atoms in total. The van der Waals surface area contributed by atoms with Gasteiger partial charge in [-0.2, -0.15) is 0 Å². The minimum absolute atomic E-state index is 0.776. The summed E-state index contributed by atoms with van der Waals surface area (Å²) in [5.74, 6) is 0. The quantitative estimate of drug-likeness (QED) is 0.644. The lowest BCUT2D eigenvalue weighted by atomic mass is 10.2. The fraction of sp³-hybridized carbons (Fsp3) is 0.0714. The van der Waals surface area contributed by atoms with Crippen LogP contribution in [0.3, 0.4) is 0 Å². The first-order valence-corrected chi connectivity index (χ1v) is 5.54. The number of aryl methyl sites for hydroxylation is 1. The average Bonchev–Trinajstić information content (AvgIpc) is 2.71. The van der Waals surface area contributed by atoms with Crippen LogP contribution < -0.4 is 5.73 Å². The first-order valence-electron chi connectivity index (χ1n) is 5.54. The molecule has 0 atom stereocenters. The highest BCUT2D eigenvalue weighted by Gasteiger charge is 2.04. The van der Waals surface area contributed by atoms with Gasteiger partial charge in [-0.05, 0) is 42.8 Å². The maximum Gasteiger partial charge on any atom is 0.100 e. The first-order chi connectivity index (χ1) is 8.24. The summed E-state index contributed by atoms with van der Waals surface area (Å²) in [7, 11) is 0. The van der Waals surface area contributed by atoms with Gasteiger partial charge in [0.1, 0.15) is 6.33 Å². The molecule has 0 fully saturated rings. The molecule has 0 aliphatic carbocycles. The highest BCUT2D eigenvalue weighted by molar-refractivity contribution is 5.77. The van der Waals surface area contributed by atoms with Crippen molar-refractivity contribution in [2.24, 2.45) is 0 Å². The molecule has 1 aromatic heterocycles. The standard InChI is InChI=1S/C14H13N3/c1-10-6-11(15)8-12(7-10)17-9-16-13-4-2-3-5-14(13)17/h2-9H,15H2,1H3. The molecule has 2 aromatic carbocycles. The van der Waals surface area contributed by atoms with Crippen molar-refractivity contribution in [2.75, 3.05) is 5.73 Å². The van der Waals surface area contributed by atoms with Crippen molar-refractivity contribution in [2.45, 2.75) is 6.92 Å². The molecule has 2 N–H and O–H groups in total. The van der Waals surface area contributed by atoms with Gasteiger partial charge in [0.25, 0.3) is 0 Å². The topological polar surface area (TPSA) is 43.8 Å². The van der Waals surface area contributed by atoms with Gasteiger partial charge < -0.3 is 5.73 Å². The highest BCUT2D eigenvalue weighted by atomic mass is 15.0. The summed E-state index contributed by atoms with van der Waals surface area (Å²) in [5.41, 5.74) is 10.9. The molecule has 0 saturated carbocycles. The minimum atomic E-state index is 0.776. The third-order valence-corrected chi connectivity index (χ3v) is 2.82. The number of rotatable bonds is 1. The Morgan fingerprint density at radius 1 is 1.12 bits per heavy atom. The number of anilines is 1. The molecule has 17 heavy (non-hydrogen) atoms. The summed E-state index contributed by atoms with van der Waals surface area (Å²) < 4.78 is 2.05. The van der Waals surface area contributed by atoms with E-state index in [1.807, 2.05) is 43.6 Å². The van der Waals surface area contributed by atoms with Gasteiger partial charge in [-0.1, -0.05) is 12.1 Å². The monoisotopic (exact) mass is 223 g/mol. The number of hydrogen-bond acceptors (Lipinski definition) is 2. The SMILES string of the molecule is Cc1cc(N)cc(-n2cnc3ccccc32)c1. The van der Waals surface area contributed by atoms with Gasteiger partial charge in [0.05, 0.1) is 11.0 Å². The van der Waals surface area contributed by atoms with Crippen molar-refractivity contribution in [3.8, 4) is 5.69 Å².